The molecule has 0 radical (unpaired) electrons. The molecular weight excluding hydrogens is 475 g/mol. The molecule has 2 aromatic heterocycles. The first-order valence-corrected chi connectivity index (χ1v) is 9.93. The molecule has 0 atom stereocenters. The van der Waals surface area contributed by atoms with Gasteiger partial charge in [-0.1, -0.05) is 36.4 Å². The molecule has 6 nitrogen and oxygen atoms in total. The number of pyridine rings is 1. The lowest BCUT2D eigenvalue weighted by Gasteiger charge is -2.32. The van der Waals surface area contributed by atoms with E-state index in [1.807, 2.05) is 16.7 Å². The van der Waals surface area contributed by atoms with Crippen LogP contribution in [0.3, 0.4) is 0 Å². The van der Waals surface area contributed by atoms with Gasteiger partial charge in [0.2, 0.25) is 0 Å². The Morgan fingerprint density at radius 2 is 1.90 bits per heavy atom. The molecule has 1 saturated heterocycles. The van der Waals surface area contributed by atoms with Crippen LogP contribution in [0.25, 0.3) is 5.65 Å². The second-order valence-corrected chi connectivity index (χ2v) is 7.59. The third kappa shape index (κ3) is 5.93. The van der Waals surface area contributed by atoms with Crippen LogP contribution in [-0.4, -0.2) is 39.4 Å². The topological polar surface area (TPSA) is 70.9 Å². The summed E-state index contributed by atoms with van der Waals surface area (Å²) in [5, 5.41) is 3.38. The van der Waals surface area contributed by atoms with Crippen LogP contribution in [0.5, 0.6) is 0 Å². The number of fused-ring (bicyclic) bond motifs is 1. The summed E-state index contributed by atoms with van der Waals surface area (Å²) in [6.45, 7) is 5.73. The highest BCUT2D eigenvalue weighted by atomic mass is 127. The van der Waals surface area contributed by atoms with Crippen LogP contribution in [0.4, 0.5) is 0 Å². The Bertz CT molecular complexity index is 944. The second-order valence-electron chi connectivity index (χ2n) is 7.59. The molecule has 1 fully saturated rings. The number of aryl methyl sites for hydroxylation is 1. The molecule has 1 aliphatic heterocycles. The number of nitrogens with one attached hydrogen (secondary N) is 1. The number of rotatable bonds is 5. The van der Waals surface area contributed by atoms with E-state index in [0.717, 1.165) is 43.8 Å². The first-order valence-electron chi connectivity index (χ1n) is 9.93. The molecule has 29 heavy (non-hydrogen) atoms. The summed E-state index contributed by atoms with van der Waals surface area (Å²) >= 11 is 0. The summed E-state index contributed by atoms with van der Waals surface area (Å²) in [6.07, 6.45) is 6.24. The average molecular weight is 504 g/mol. The van der Waals surface area contributed by atoms with Gasteiger partial charge in [-0.15, -0.1) is 24.0 Å². The van der Waals surface area contributed by atoms with Crippen LogP contribution < -0.4 is 11.1 Å². The Kier molecular flexibility index (Phi) is 7.49. The average Bonchev–Trinajstić information content (AvgIpc) is 3.11. The summed E-state index contributed by atoms with van der Waals surface area (Å²) < 4.78 is 2.03. The molecule has 3 N–H and O–H groups in total. The van der Waals surface area contributed by atoms with E-state index >= 15 is 0 Å². The van der Waals surface area contributed by atoms with Crippen LogP contribution in [0.15, 0.2) is 59.9 Å². The van der Waals surface area contributed by atoms with Crippen molar-refractivity contribution >= 4 is 35.6 Å². The van der Waals surface area contributed by atoms with Crippen molar-refractivity contribution in [3.05, 3.63) is 71.7 Å². The number of guanidine groups is 1. The third-order valence-electron chi connectivity index (χ3n) is 5.25. The van der Waals surface area contributed by atoms with Crippen molar-refractivity contribution in [1.29, 1.82) is 0 Å². The van der Waals surface area contributed by atoms with Crippen molar-refractivity contribution in [2.75, 3.05) is 13.1 Å². The standard InChI is InChI=1S/C22H28N6.HI/c1-17-7-8-21-25-20(16-28(21)14-17)13-24-22(23)26-19-9-11-27(12-10-19)15-18-5-3-2-4-6-18;/h2-8,14,16,19H,9-13,15H2,1H3,(H3,23,24,26);1H. The van der Waals surface area contributed by atoms with Gasteiger partial charge < -0.3 is 15.5 Å². The summed E-state index contributed by atoms with van der Waals surface area (Å²) in [7, 11) is 0. The molecule has 0 aliphatic carbocycles. The summed E-state index contributed by atoms with van der Waals surface area (Å²) in [6, 6.07) is 15.1. The van der Waals surface area contributed by atoms with Gasteiger partial charge in [0.15, 0.2) is 5.96 Å². The Labute approximate surface area is 189 Å². The summed E-state index contributed by atoms with van der Waals surface area (Å²) in [4.78, 5) is 11.6. The van der Waals surface area contributed by atoms with Gasteiger partial charge in [-0.05, 0) is 37.0 Å². The van der Waals surface area contributed by atoms with Gasteiger partial charge in [0.1, 0.15) is 5.65 Å². The number of nitrogens with zero attached hydrogens (tertiary/aromatic N) is 4. The molecule has 3 aromatic rings. The lowest BCUT2D eigenvalue weighted by Crippen LogP contribution is -2.46. The van der Waals surface area contributed by atoms with E-state index in [-0.39, 0.29) is 24.0 Å². The van der Waals surface area contributed by atoms with Crippen molar-refractivity contribution < 1.29 is 0 Å². The number of piperidine rings is 1. The lowest BCUT2D eigenvalue weighted by molar-refractivity contribution is 0.199. The number of aromatic nitrogens is 2. The predicted octanol–water partition coefficient (Wildman–Crippen LogP) is 3.33. The molecular formula is C22H29IN6. The first-order chi connectivity index (χ1) is 13.7. The number of hydrogen-bond acceptors (Lipinski definition) is 3. The van der Waals surface area contributed by atoms with Gasteiger partial charge in [-0.25, -0.2) is 9.98 Å². The van der Waals surface area contributed by atoms with E-state index in [2.05, 4.69) is 69.7 Å². The second kappa shape index (κ2) is 10.1. The van der Waals surface area contributed by atoms with Gasteiger partial charge in [-0.2, -0.15) is 0 Å². The monoisotopic (exact) mass is 504 g/mol. The van der Waals surface area contributed by atoms with Gasteiger partial charge in [0.25, 0.3) is 0 Å². The van der Waals surface area contributed by atoms with Crippen LogP contribution in [-0.2, 0) is 13.1 Å². The molecule has 1 aliphatic rings. The highest BCUT2D eigenvalue weighted by Crippen LogP contribution is 2.14. The maximum absolute atomic E-state index is 6.12. The van der Waals surface area contributed by atoms with Gasteiger partial charge in [0.05, 0.1) is 12.2 Å². The zero-order valence-electron chi connectivity index (χ0n) is 16.8. The third-order valence-corrected chi connectivity index (χ3v) is 5.25. The fourth-order valence-electron chi connectivity index (χ4n) is 3.73. The van der Waals surface area contributed by atoms with Crippen LogP contribution in [0.2, 0.25) is 0 Å². The Balaban J connectivity index is 0.00000240. The molecule has 0 unspecified atom stereocenters. The maximum atomic E-state index is 6.12. The Hall–Kier alpha value is -2.13. The summed E-state index contributed by atoms with van der Waals surface area (Å²) in [5.41, 5.74) is 10.6. The van der Waals surface area contributed by atoms with Crippen LogP contribution in [0.1, 0.15) is 29.7 Å². The molecule has 0 spiro atoms. The van der Waals surface area contributed by atoms with Crippen molar-refractivity contribution in [3.63, 3.8) is 0 Å². The van der Waals surface area contributed by atoms with E-state index < -0.39 is 0 Å². The van der Waals surface area contributed by atoms with Gasteiger partial charge in [0, 0.05) is 38.1 Å². The highest BCUT2D eigenvalue weighted by Gasteiger charge is 2.19. The number of aliphatic imine (C=N–C) groups is 1. The molecule has 0 saturated carbocycles. The first kappa shape index (κ1) is 21.6. The van der Waals surface area contributed by atoms with Crippen molar-refractivity contribution in [2.24, 2.45) is 10.7 Å². The zero-order chi connectivity index (χ0) is 19.3. The fraction of sp³-hybridized carbons (Fsp3) is 0.364. The molecule has 1 aromatic carbocycles. The largest absolute Gasteiger partial charge is 0.370 e. The number of nitrogens with two attached hydrogens (primary N) is 1. The van der Waals surface area contributed by atoms with Crippen molar-refractivity contribution in [1.82, 2.24) is 19.6 Å². The molecule has 4 rings (SSSR count). The lowest BCUT2D eigenvalue weighted by atomic mass is 10.0. The number of hydrogen-bond donors (Lipinski definition) is 2. The van der Waals surface area contributed by atoms with Gasteiger partial charge >= 0.3 is 0 Å². The number of halogens is 1. The highest BCUT2D eigenvalue weighted by molar-refractivity contribution is 14.0. The molecule has 7 heteroatoms. The molecule has 0 bridgehead atoms. The van der Waals surface area contributed by atoms with E-state index in [1.54, 1.807) is 0 Å². The molecule has 3 heterocycles. The van der Waals surface area contributed by atoms with Crippen molar-refractivity contribution in [3.8, 4) is 0 Å². The number of likely N-dealkylation sites (tertiary alicyclic amines) is 1. The molecule has 154 valence electrons. The van der Waals surface area contributed by atoms with Crippen LogP contribution >= 0.6 is 24.0 Å². The van der Waals surface area contributed by atoms with Gasteiger partial charge in [-0.3, -0.25) is 4.90 Å². The van der Waals surface area contributed by atoms with E-state index in [9.17, 15) is 0 Å². The van der Waals surface area contributed by atoms with E-state index in [4.69, 9.17) is 5.73 Å². The smallest absolute Gasteiger partial charge is 0.189 e. The Morgan fingerprint density at radius 1 is 1.14 bits per heavy atom. The zero-order valence-corrected chi connectivity index (χ0v) is 19.1. The normalized spacial score (nSPS) is 16.0. The quantitative estimate of drug-likeness (QED) is 0.318. The Morgan fingerprint density at radius 3 is 2.66 bits per heavy atom. The SMILES string of the molecule is Cc1ccc2nc(CN=C(N)NC3CCN(Cc4ccccc4)CC3)cn2c1.I. The van der Waals surface area contributed by atoms with E-state index in [0.29, 0.717) is 18.5 Å². The number of benzene rings is 1. The predicted molar refractivity (Wildman–Crippen MR) is 129 cm³/mol. The fourth-order valence-corrected chi connectivity index (χ4v) is 3.73. The minimum atomic E-state index is 0. The van der Waals surface area contributed by atoms with E-state index in [1.165, 1.54) is 11.1 Å². The summed E-state index contributed by atoms with van der Waals surface area (Å²) in [5.74, 6) is 0.509. The van der Waals surface area contributed by atoms with Crippen molar-refractivity contribution in [2.45, 2.75) is 38.9 Å². The number of imidazole rings is 1. The molecule has 0 amide bonds. The minimum Gasteiger partial charge on any atom is -0.370 e. The minimum absolute atomic E-state index is 0. The van der Waals surface area contributed by atoms with Crippen LogP contribution in [0, 0.1) is 6.92 Å². The maximum Gasteiger partial charge on any atom is 0.189 e.